The van der Waals surface area contributed by atoms with Gasteiger partial charge in [0, 0.05) is 41.3 Å². The highest BCUT2D eigenvalue weighted by atomic mass is 32.2. The first-order valence-electron chi connectivity index (χ1n) is 10.1. The Hall–Kier alpha value is -2.06. The Morgan fingerprint density at radius 2 is 2.07 bits per heavy atom. The number of nitrogens with one attached hydrogen (secondary N) is 3. The van der Waals surface area contributed by atoms with E-state index in [2.05, 4.69) is 38.4 Å². The molecule has 3 unspecified atom stereocenters. The second-order valence-electron chi connectivity index (χ2n) is 7.46. The number of benzene rings is 1. The molecule has 8 heteroatoms. The van der Waals surface area contributed by atoms with E-state index in [1.165, 1.54) is 0 Å². The van der Waals surface area contributed by atoms with Gasteiger partial charge in [0.25, 0.3) is 0 Å². The van der Waals surface area contributed by atoms with Crippen LogP contribution >= 0.6 is 23.1 Å². The van der Waals surface area contributed by atoms with Gasteiger partial charge >= 0.3 is 6.03 Å². The Morgan fingerprint density at radius 3 is 2.93 bits per heavy atom. The van der Waals surface area contributed by atoms with Gasteiger partial charge in [0.05, 0.1) is 22.8 Å². The van der Waals surface area contributed by atoms with Gasteiger partial charge in [0.1, 0.15) is 0 Å². The number of nitrogens with zero attached hydrogens (tertiary/aromatic N) is 1. The molecule has 2 fully saturated rings. The van der Waals surface area contributed by atoms with Crippen molar-refractivity contribution in [1.82, 2.24) is 20.9 Å². The standard InChI is InChI=1S/C21H26N4O2S2/c26-18(9-5-4-8-17-20-16(13-28-17)24-21(27)25-20)22-11-10-19-23-15(12-29-19)14-6-2-1-3-7-14/h1-3,6-7,12,16-17,20H,4-5,8-11,13H2,(H,22,26)(H2,24,25,27). The van der Waals surface area contributed by atoms with Gasteiger partial charge in [-0.05, 0) is 12.8 Å². The van der Waals surface area contributed by atoms with E-state index in [4.69, 9.17) is 0 Å². The molecular formula is C21H26N4O2S2. The molecular weight excluding hydrogens is 404 g/mol. The monoisotopic (exact) mass is 430 g/mol. The number of rotatable bonds is 9. The van der Waals surface area contributed by atoms with Crippen molar-refractivity contribution < 1.29 is 9.59 Å². The van der Waals surface area contributed by atoms with Gasteiger partial charge in [0.2, 0.25) is 5.91 Å². The summed E-state index contributed by atoms with van der Waals surface area (Å²) in [4.78, 5) is 28.1. The van der Waals surface area contributed by atoms with E-state index in [0.29, 0.717) is 18.2 Å². The van der Waals surface area contributed by atoms with Crippen molar-refractivity contribution in [3.05, 3.63) is 40.7 Å². The topological polar surface area (TPSA) is 83.1 Å². The summed E-state index contributed by atoms with van der Waals surface area (Å²) in [5, 5.41) is 12.6. The van der Waals surface area contributed by atoms with Crippen LogP contribution in [0.5, 0.6) is 0 Å². The summed E-state index contributed by atoms with van der Waals surface area (Å²) >= 11 is 3.56. The molecule has 3 N–H and O–H groups in total. The lowest BCUT2D eigenvalue weighted by molar-refractivity contribution is -0.121. The summed E-state index contributed by atoms with van der Waals surface area (Å²) in [6.45, 7) is 0.626. The first kappa shape index (κ1) is 20.2. The number of thiazole rings is 1. The van der Waals surface area contributed by atoms with Gasteiger partial charge in [-0.2, -0.15) is 11.8 Å². The van der Waals surface area contributed by atoms with E-state index in [0.717, 1.165) is 47.7 Å². The molecule has 3 amide bonds. The Kier molecular flexibility index (Phi) is 6.71. The maximum Gasteiger partial charge on any atom is 0.315 e. The maximum absolute atomic E-state index is 12.1. The number of unbranched alkanes of at least 4 members (excludes halogenated alkanes) is 1. The Balaban J connectivity index is 1.10. The largest absolute Gasteiger partial charge is 0.356 e. The molecule has 2 aliphatic rings. The number of hydrogen-bond donors (Lipinski definition) is 3. The lowest BCUT2D eigenvalue weighted by Crippen LogP contribution is -2.36. The van der Waals surface area contributed by atoms with Crippen molar-refractivity contribution in [2.24, 2.45) is 0 Å². The summed E-state index contributed by atoms with van der Waals surface area (Å²) < 4.78 is 0. The molecule has 0 spiro atoms. The summed E-state index contributed by atoms with van der Waals surface area (Å²) in [5.74, 6) is 1.09. The minimum Gasteiger partial charge on any atom is -0.356 e. The van der Waals surface area contributed by atoms with E-state index < -0.39 is 0 Å². The molecule has 29 heavy (non-hydrogen) atoms. The van der Waals surface area contributed by atoms with Gasteiger partial charge in [-0.3, -0.25) is 4.79 Å². The van der Waals surface area contributed by atoms with Crippen molar-refractivity contribution in [3.8, 4) is 11.3 Å². The molecule has 4 rings (SSSR count). The number of urea groups is 1. The van der Waals surface area contributed by atoms with Gasteiger partial charge in [-0.25, -0.2) is 9.78 Å². The molecule has 0 radical (unpaired) electrons. The SMILES string of the molecule is O=C(CCCCC1SCC2NC(=O)NC21)NCCc1nc(-c2ccccc2)cs1. The van der Waals surface area contributed by atoms with E-state index in [-0.39, 0.29) is 24.0 Å². The third-order valence-electron chi connectivity index (χ3n) is 5.36. The maximum atomic E-state index is 12.1. The molecule has 0 bridgehead atoms. The van der Waals surface area contributed by atoms with Crippen LogP contribution in [0.4, 0.5) is 4.79 Å². The molecule has 6 nitrogen and oxygen atoms in total. The fourth-order valence-electron chi connectivity index (χ4n) is 3.84. The molecule has 2 aromatic rings. The molecule has 3 heterocycles. The lowest BCUT2D eigenvalue weighted by Gasteiger charge is -2.16. The zero-order chi connectivity index (χ0) is 20.1. The van der Waals surface area contributed by atoms with Crippen LogP contribution in [-0.4, -0.2) is 46.6 Å². The molecule has 2 saturated heterocycles. The van der Waals surface area contributed by atoms with Crippen molar-refractivity contribution >= 4 is 35.0 Å². The first-order valence-corrected chi connectivity index (χ1v) is 12.1. The van der Waals surface area contributed by atoms with Gasteiger partial charge in [0.15, 0.2) is 0 Å². The van der Waals surface area contributed by atoms with Crippen molar-refractivity contribution in [2.45, 2.75) is 49.4 Å². The third-order valence-corrected chi connectivity index (χ3v) is 7.78. The Bertz CT molecular complexity index is 842. The predicted molar refractivity (Wildman–Crippen MR) is 118 cm³/mol. The van der Waals surface area contributed by atoms with E-state index >= 15 is 0 Å². The van der Waals surface area contributed by atoms with E-state index in [1.807, 2.05) is 30.0 Å². The number of carbonyl (C=O) groups excluding carboxylic acids is 2. The quantitative estimate of drug-likeness (QED) is 0.421. The number of fused-ring (bicyclic) bond motifs is 1. The number of hydrogen-bond acceptors (Lipinski definition) is 5. The molecule has 154 valence electrons. The normalized spacial score (nSPS) is 22.8. The van der Waals surface area contributed by atoms with Gasteiger partial charge in [-0.15, -0.1) is 11.3 Å². The lowest BCUT2D eigenvalue weighted by atomic mass is 10.0. The van der Waals surface area contributed by atoms with Crippen molar-refractivity contribution in [1.29, 1.82) is 0 Å². The van der Waals surface area contributed by atoms with Crippen LogP contribution in [-0.2, 0) is 11.2 Å². The highest BCUT2D eigenvalue weighted by Crippen LogP contribution is 2.33. The number of aromatic nitrogens is 1. The molecule has 1 aromatic heterocycles. The third kappa shape index (κ3) is 5.30. The highest BCUT2D eigenvalue weighted by molar-refractivity contribution is 8.00. The Labute approximate surface area is 179 Å². The smallest absolute Gasteiger partial charge is 0.315 e. The number of carbonyl (C=O) groups is 2. The highest BCUT2D eigenvalue weighted by Gasteiger charge is 2.42. The first-order chi connectivity index (χ1) is 14.2. The second-order valence-corrected chi connectivity index (χ2v) is 9.67. The van der Waals surface area contributed by atoms with Gasteiger partial charge < -0.3 is 16.0 Å². The van der Waals surface area contributed by atoms with Crippen LogP contribution in [0.25, 0.3) is 11.3 Å². The predicted octanol–water partition coefficient (Wildman–Crippen LogP) is 3.19. The zero-order valence-corrected chi connectivity index (χ0v) is 17.9. The molecule has 0 saturated carbocycles. The van der Waals surface area contributed by atoms with Crippen LogP contribution < -0.4 is 16.0 Å². The second kappa shape index (κ2) is 9.63. The molecule has 0 aliphatic carbocycles. The van der Waals surface area contributed by atoms with E-state index in [9.17, 15) is 9.59 Å². The summed E-state index contributed by atoms with van der Waals surface area (Å²) in [6, 6.07) is 10.6. The molecule has 2 aliphatic heterocycles. The summed E-state index contributed by atoms with van der Waals surface area (Å²) in [7, 11) is 0. The molecule has 3 atom stereocenters. The minimum absolute atomic E-state index is 0.0409. The van der Waals surface area contributed by atoms with Crippen LogP contribution in [0.3, 0.4) is 0 Å². The van der Waals surface area contributed by atoms with E-state index in [1.54, 1.807) is 11.3 Å². The van der Waals surface area contributed by atoms with Crippen LogP contribution in [0.15, 0.2) is 35.7 Å². The number of thioether (sulfide) groups is 1. The van der Waals surface area contributed by atoms with Crippen LogP contribution in [0.1, 0.15) is 30.7 Å². The van der Waals surface area contributed by atoms with Gasteiger partial charge in [-0.1, -0.05) is 36.8 Å². The Morgan fingerprint density at radius 1 is 1.21 bits per heavy atom. The fraction of sp³-hybridized carbons (Fsp3) is 0.476. The minimum atomic E-state index is -0.0409. The fourth-order valence-corrected chi connectivity index (χ4v) is 6.19. The summed E-state index contributed by atoms with van der Waals surface area (Å²) in [5.41, 5.74) is 2.12. The molecule has 1 aromatic carbocycles. The summed E-state index contributed by atoms with van der Waals surface area (Å²) in [6.07, 6.45) is 4.26. The average molecular weight is 431 g/mol. The van der Waals surface area contributed by atoms with Crippen molar-refractivity contribution in [2.75, 3.05) is 12.3 Å². The van der Waals surface area contributed by atoms with Crippen molar-refractivity contribution in [3.63, 3.8) is 0 Å². The average Bonchev–Trinajstić information content (AvgIpc) is 3.43. The van der Waals surface area contributed by atoms with Crippen LogP contribution in [0.2, 0.25) is 0 Å². The van der Waals surface area contributed by atoms with Crippen LogP contribution in [0, 0.1) is 0 Å². The zero-order valence-electron chi connectivity index (χ0n) is 16.2. The number of amides is 3.